The number of thioether (sulfide) groups is 1. The molecule has 1 unspecified atom stereocenters. The van der Waals surface area contributed by atoms with Crippen LogP contribution in [0.1, 0.15) is 35.7 Å². The molecule has 0 bridgehead atoms. The minimum absolute atomic E-state index is 0.0562. The van der Waals surface area contributed by atoms with E-state index in [1.54, 1.807) is 6.92 Å². The van der Waals surface area contributed by atoms with E-state index >= 15 is 0 Å². The molecule has 1 aliphatic heterocycles. The number of carbonyl (C=O) groups is 2. The van der Waals surface area contributed by atoms with Gasteiger partial charge in [0, 0.05) is 17.2 Å². The topological polar surface area (TPSA) is 70.3 Å². The first-order chi connectivity index (χ1) is 13.9. The van der Waals surface area contributed by atoms with Gasteiger partial charge in [-0.05, 0) is 43.7 Å². The fraction of sp³-hybridized carbons (Fsp3) is 0.217. The molecule has 0 saturated carbocycles. The number of carbonyl (C=O) groups excluding carboxylic acids is 2. The molecule has 0 spiro atoms. The molecule has 3 rings (SSSR count). The molecule has 0 aliphatic carbocycles. The fourth-order valence-corrected chi connectivity index (χ4v) is 4.43. The molecule has 1 heterocycles. The number of nitriles is 1. The molecular weight excluding hydrogens is 387 g/mol. The molecular formula is C23H19FN2O2S. The minimum atomic E-state index is -0.510. The first-order valence-corrected chi connectivity index (χ1v) is 10.1. The molecule has 2 aromatic carbocycles. The van der Waals surface area contributed by atoms with Gasteiger partial charge in [0.1, 0.15) is 16.6 Å². The van der Waals surface area contributed by atoms with Crippen molar-refractivity contribution in [1.82, 2.24) is 0 Å². The van der Waals surface area contributed by atoms with Crippen LogP contribution in [0.4, 0.5) is 4.39 Å². The van der Waals surface area contributed by atoms with E-state index in [2.05, 4.69) is 11.1 Å². The van der Waals surface area contributed by atoms with Crippen LogP contribution in [0.15, 0.2) is 70.2 Å². The number of allylic oxidation sites excluding steroid dienone is 1. The Balaban J connectivity index is 1.93. The smallest absolute Gasteiger partial charge is 0.173 e. The zero-order chi connectivity index (χ0) is 21.0. The second-order valence-corrected chi connectivity index (χ2v) is 7.74. The Morgan fingerprint density at radius 3 is 2.38 bits per heavy atom. The number of ketones is 2. The van der Waals surface area contributed by atoms with Crippen LogP contribution in [0.25, 0.3) is 0 Å². The van der Waals surface area contributed by atoms with E-state index in [1.807, 2.05) is 30.3 Å². The summed E-state index contributed by atoms with van der Waals surface area (Å²) in [5.74, 6) is -1.52. The zero-order valence-corrected chi connectivity index (χ0v) is 16.9. The van der Waals surface area contributed by atoms with Crippen LogP contribution in [0.2, 0.25) is 0 Å². The van der Waals surface area contributed by atoms with E-state index in [1.165, 1.54) is 43.0 Å². The number of hydrogen-bond acceptors (Lipinski definition) is 5. The highest BCUT2D eigenvalue weighted by molar-refractivity contribution is 8.03. The van der Waals surface area contributed by atoms with Crippen LogP contribution in [-0.2, 0) is 4.79 Å². The van der Waals surface area contributed by atoms with Crippen molar-refractivity contribution in [3.63, 3.8) is 0 Å². The normalized spacial score (nSPS) is 18.8. The molecule has 0 saturated heterocycles. The Hall–Kier alpha value is -3.04. The highest BCUT2D eigenvalue weighted by Crippen LogP contribution is 2.42. The van der Waals surface area contributed by atoms with Gasteiger partial charge in [-0.2, -0.15) is 5.26 Å². The third-order valence-corrected chi connectivity index (χ3v) is 5.82. The van der Waals surface area contributed by atoms with Crippen molar-refractivity contribution in [2.45, 2.75) is 19.8 Å². The van der Waals surface area contributed by atoms with Gasteiger partial charge in [-0.1, -0.05) is 42.1 Å². The van der Waals surface area contributed by atoms with Crippen molar-refractivity contribution in [3.8, 4) is 6.07 Å². The van der Waals surface area contributed by atoms with E-state index in [-0.39, 0.29) is 17.3 Å². The van der Waals surface area contributed by atoms with Gasteiger partial charge in [-0.3, -0.25) is 9.59 Å². The third-order valence-electron chi connectivity index (χ3n) is 4.83. The molecule has 0 aromatic heterocycles. The monoisotopic (exact) mass is 406 g/mol. The molecule has 1 aliphatic rings. The van der Waals surface area contributed by atoms with Crippen molar-refractivity contribution >= 4 is 29.0 Å². The van der Waals surface area contributed by atoms with Crippen molar-refractivity contribution in [3.05, 3.63) is 82.1 Å². The summed E-state index contributed by atoms with van der Waals surface area (Å²) >= 11 is 1.17. The van der Waals surface area contributed by atoms with Crippen LogP contribution >= 0.6 is 11.8 Å². The lowest BCUT2D eigenvalue weighted by Gasteiger charge is -2.30. The van der Waals surface area contributed by atoms with Gasteiger partial charge >= 0.3 is 0 Å². The lowest BCUT2D eigenvalue weighted by Crippen LogP contribution is -2.31. The van der Waals surface area contributed by atoms with E-state index in [0.717, 1.165) is 5.56 Å². The lowest BCUT2D eigenvalue weighted by atomic mass is 9.75. The van der Waals surface area contributed by atoms with Crippen LogP contribution in [-0.4, -0.2) is 23.0 Å². The maximum Gasteiger partial charge on any atom is 0.173 e. The van der Waals surface area contributed by atoms with Gasteiger partial charge < -0.3 is 0 Å². The Bertz CT molecular complexity index is 1040. The molecule has 6 heteroatoms. The Morgan fingerprint density at radius 2 is 1.79 bits per heavy atom. The SMILES string of the molecule is CC(=O)C1C(C)=NC(SCC(=O)c2ccc(F)cc2)=C(C#N)[C@H]1c1ccccc1. The quantitative estimate of drug-likeness (QED) is 0.637. The van der Waals surface area contributed by atoms with Crippen LogP contribution in [0.3, 0.4) is 0 Å². The van der Waals surface area contributed by atoms with E-state index in [4.69, 9.17) is 0 Å². The highest BCUT2D eigenvalue weighted by atomic mass is 32.2. The first kappa shape index (κ1) is 20.7. The summed E-state index contributed by atoms with van der Waals surface area (Å²) in [6.07, 6.45) is 0. The Labute approximate surface area is 173 Å². The largest absolute Gasteiger partial charge is 0.299 e. The number of halogens is 1. The first-order valence-electron chi connectivity index (χ1n) is 9.08. The Kier molecular flexibility index (Phi) is 6.40. The van der Waals surface area contributed by atoms with E-state index < -0.39 is 17.7 Å². The van der Waals surface area contributed by atoms with Gasteiger partial charge in [-0.15, -0.1) is 0 Å². The average Bonchev–Trinajstić information content (AvgIpc) is 2.72. The highest BCUT2D eigenvalue weighted by Gasteiger charge is 2.37. The summed E-state index contributed by atoms with van der Waals surface area (Å²) in [7, 11) is 0. The maximum absolute atomic E-state index is 13.1. The third kappa shape index (κ3) is 4.52. The summed E-state index contributed by atoms with van der Waals surface area (Å²) in [6.45, 7) is 3.28. The maximum atomic E-state index is 13.1. The molecule has 146 valence electrons. The molecule has 0 amide bonds. The van der Waals surface area contributed by atoms with Gasteiger partial charge in [0.25, 0.3) is 0 Å². The predicted octanol–water partition coefficient (Wildman–Crippen LogP) is 4.94. The summed E-state index contributed by atoms with van der Waals surface area (Å²) in [5, 5.41) is 10.3. The van der Waals surface area contributed by atoms with Gasteiger partial charge in [0.2, 0.25) is 0 Å². The lowest BCUT2D eigenvalue weighted by molar-refractivity contribution is -0.119. The average molecular weight is 406 g/mol. The fourth-order valence-electron chi connectivity index (χ4n) is 3.46. The molecule has 2 atom stereocenters. The standard InChI is InChI=1S/C23H19FN2O2S/c1-14-21(15(2)27)22(17-6-4-3-5-7-17)19(12-25)23(26-14)29-13-20(28)16-8-10-18(24)11-9-16/h3-11,21-22H,13H2,1-2H3/t21?,22-/m1/s1. The number of hydrogen-bond donors (Lipinski definition) is 0. The van der Waals surface area contributed by atoms with Crippen LogP contribution in [0, 0.1) is 23.1 Å². The number of aliphatic imine (C=N–C) groups is 1. The molecule has 0 N–H and O–H groups in total. The molecule has 0 radical (unpaired) electrons. The van der Waals surface area contributed by atoms with Crippen molar-refractivity contribution in [1.29, 1.82) is 5.26 Å². The van der Waals surface area contributed by atoms with Crippen molar-refractivity contribution < 1.29 is 14.0 Å². The number of Topliss-reactive ketones (excluding diaryl/α,β-unsaturated/α-hetero) is 2. The number of nitrogens with zero attached hydrogens (tertiary/aromatic N) is 2. The van der Waals surface area contributed by atoms with Crippen molar-refractivity contribution in [2.24, 2.45) is 10.9 Å². The second kappa shape index (κ2) is 8.97. The Morgan fingerprint density at radius 1 is 1.14 bits per heavy atom. The molecule has 0 fully saturated rings. The number of benzene rings is 2. The summed E-state index contributed by atoms with van der Waals surface area (Å²) in [6, 6.07) is 17.0. The van der Waals surface area contributed by atoms with E-state index in [9.17, 15) is 19.2 Å². The van der Waals surface area contributed by atoms with Gasteiger partial charge in [-0.25, -0.2) is 9.38 Å². The molecule has 4 nitrogen and oxygen atoms in total. The van der Waals surface area contributed by atoms with E-state index in [0.29, 0.717) is 21.9 Å². The number of rotatable bonds is 6. The van der Waals surface area contributed by atoms with Crippen molar-refractivity contribution in [2.75, 3.05) is 5.75 Å². The van der Waals surface area contributed by atoms with Gasteiger partial charge in [0.05, 0.1) is 23.3 Å². The van der Waals surface area contributed by atoms with Crippen LogP contribution in [0.5, 0.6) is 0 Å². The second-order valence-electron chi connectivity index (χ2n) is 6.78. The summed E-state index contributed by atoms with van der Waals surface area (Å²) < 4.78 is 13.1. The molecule has 2 aromatic rings. The summed E-state index contributed by atoms with van der Waals surface area (Å²) in [4.78, 5) is 29.3. The zero-order valence-electron chi connectivity index (χ0n) is 16.1. The summed E-state index contributed by atoms with van der Waals surface area (Å²) in [5.41, 5.74) is 2.28. The van der Waals surface area contributed by atoms with Crippen LogP contribution < -0.4 is 0 Å². The molecule has 29 heavy (non-hydrogen) atoms. The minimum Gasteiger partial charge on any atom is -0.299 e. The van der Waals surface area contributed by atoms with Gasteiger partial charge in [0.15, 0.2) is 5.78 Å². The predicted molar refractivity (Wildman–Crippen MR) is 112 cm³/mol.